The van der Waals surface area contributed by atoms with Gasteiger partial charge in [0.05, 0.1) is 4.48 Å². The molecule has 2 unspecified atom stereocenters. The summed E-state index contributed by atoms with van der Waals surface area (Å²) in [5, 5.41) is -1.11. The van der Waals surface area contributed by atoms with Crippen LogP contribution in [-0.2, 0) is 19.1 Å². The number of hydrogen-bond acceptors (Lipinski definition) is 3. The molecule has 11 heteroatoms. The Morgan fingerprint density at radius 1 is 0.810 bits per heavy atom. The molecule has 1 aliphatic carbocycles. The van der Waals surface area contributed by atoms with Crippen molar-refractivity contribution in [2.75, 3.05) is 6.61 Å². The Labute approximate surface area is 252 Å². The second kappa shape index (κ2) is 12.1. The van der Waals surface area contributed by atoms with Gasteiger partial charge in [-0.25, -0.2) is 0 Å². The van der Waals surface area contributed by atoms with Crippen molar-refractivity contribution in [3.8, 4) is 0 Å². The van der Waals surface area contributed by atoms with Crippen molar-refractivity contribution in [3.63, 3.8) is 0 Å². The van der Waals surface area contributed by atoms with Gasteiger partial charge in [-0.2, -0.15) is 26.3 Å². The van der Waals surface area contributed by atoms with Gasteiger partial charge in [0, 0.05) is 22.6 Å². The van der Waals surface area contributed by atoms with Gasteiger partial charge >= 0.3 is 20.9 Å². The highest BCUT2D eigenvalue weighted by molar-refractivity contribution is 9.12. The van der Waals surface area contributed by atoms with Gasteiger partial charge in [0.15, 0.2) is 5.78 Å². The van der Waals surface area contributed by atoms with E-state index in [1.165, 1.54) is 45.0 Å². The lowest BCUT2D eigenvalue weighted by Crippen LogP contribution is -2.65. The summed E-state index contributed by atoms with van der Waals surface area (Å²) in [5.41, 5.74) is -0.186. The molecule has 2 aromatic carbocycles. The first-order chi connectivity index (χ1) is 19.1. The monoisotopic (exact) mass is 676 g/mol. The summed E-state index contributed by atoms with van der Waals surface area (Å²) in [5.74, 6) is -0.195. The lowest BCUT2D eigenvalue weighted by atomic mass is 9.69. The molecule has 1 aliphatic rings. The minimum atomic E-state index is -5.72. The van der Waals surface area contributed by atoms with Crippen molar-refractivity contribution in [2.45, 2.75) is 76.9 Å². The zero-order valence-electron chi connectivity index (χ0n) is 24.3. The molecule has 0 aromatic heterocycles. The van der Waals surface area contributed by atoms with Crippen molar-refractivity contribution in [3.05, 3.63) is 88.4 Å². The van der Waals surface area contributed by atoms with E-state index >= 15 is 0 Å². The number of ketones is 1. The molecule has 230 valence electrons. The molecular formula is C31H35BrF6O3Si. The summed E-state index contributed by atoms with van der Waals surface area (Å²) in [4.78, 5) is 13.1. The second-order valence-corrected chi connectivity index (χ2v) is 17.1. The van der Waals surface area contributed by atoms with E-state index in [-0.39, 0.29) is 24.0 Å². The standard InChI is InChI=1S/C31H35BrF6O3Si/c1-27(2,3)23-19-29(20-24(32)25(23)39,21-13-9-7-10-14-21)17-18-40-42(28(4,5)6,22-15-11-8-12-16-22)41-26(30(33,34)35)31(36,37)38/h7-16,19-20,26H,17-18H2,1-6H3. The van der Waals surface area contributed by atoms with Crippen molar-refractivity contribution >= 4 is 35.5 Å². The van der Waals surface area contributed by atoms with E-state index in [1.54, 1.807) is 12.1 Å². The molecule has 2 aromatic rings. The zero-order chi connectivity index (χ0) is 31.8. The van der Waals surface area contributed by atoms with Gasteiger partial charge in [0.2, 0.25) is 6.10 Å². The van der Waals surface area contributed by atoms with Crippen molar-refractivity contribution in [1.82, 2.24) is 0 Å². The molecule has 2 atom stereocenters. The molecule has 0 amide bonds. The molecule has 0 aliphatic heterocycles. The summed E-state index contributed by atoms with van der Waals surface area (Å²) in [6.07, 6.45) is -11.8. The SMILES string of the molecule is CC(C)(C)C1=CC(CCO[Si](OC(C(F)(F)F)C(F)(F)F)(c2ccccc2)C(C)(C)C)(c2ccccc2)C=C(Br)C1=O. The number of carbonyl (C=O) groups excluding carboxylic acids is 1. The number of halogens is 7. The Morgan fingerprint density at radius 3 is 1.76 bits per heavy atom. The molecule has 0 saturated heterocycles. The molecule has 0 radical (unpaired) electrons. The molecule has 0 bridgehead atoms. The van der Waals surface area contributed by atoms with Crippen LogP contribution in [0, 0.1) is 5.41 Å². The summed E-state index contributed by atoms with van der Waals surface area (Å²) in [6.45, 7) is 10.00. The van der Waals surface area contributed by atoms with Crippen LogP contribution in [0.3, 0.4) is 0 Å². The first kappa shape index (κ1) is 34.3. The zero-order valence-corrected chi connectivity index (χ0v) is 26.9. The highest BCUT2D eigenvalue weighted by Crippen LogP contribution is 2.47. The molecular weight excluding hydrogens is 642 g/mol. The maximum absolute atomic E-state index is 13.8. The number of allylic oxidation sites excluding steroid dienone is 4. The number of rotatable bonds is 8. The first-order valence-corrected chi connectivity index (χ1v) is 16.0. The predicted octanol–water partition coefficient (Wildman–Crippen LogP) is 8.82. The van der Waals surface area contributed by atoms with E-state index in [1.807, 2.05) is 57.2 Å². The molecule has 3 nitrogen and oxygen atoms in total. The number of benzene rings is 2. The van der Waals surface area contributed by atoms with Crippen LogP contribution in [0.25, 0.3) is 0 Å². The van der Waals surface area contributed by atoms with Crippen molar-refractivity contribution in [1.29, 1.82) is 0 Å². The van der Waals surface area contributed by atoms with Gasteiger partial charge in [-0.3, -0.25) is 4.79 Å². The smallest absolute Gasteiger partial charge is 0.391 e. The Hall–Kier alpha value is -2.21. The Bertz CT molecular complexity index is 1300. The fourth-order valence-electron chi connectivity index (χ4n) is 5.06. The number of carbonyl (C=O) groups is 1. The van der Waals surface area contributed by atoms with Crippen LogP contribution in [-0.4, -0.2) is 39.4 Å². The Balaban J connectivity index is 2.16. The van der Waals surface area contributed by atoms with Gasteiger partial charge in [0.1, 0.15) is 0 Å². The van der Waals surface area contributed by atoms with E-state index in [9.17, 15) is 31.1 Å². The van der Waals surface area contributed by atoms with Crippen LogP contribution in [0.1, 0.15) is 53.5 Å². The van der Waals surface area contributed by atoms with Crippen LogP contribution in [0.4, 0.5) is 26.3 Å². The number of Topliss-reactive ketones (excluding diaryl/α,β-unsaturated/α-hetero) is 1. The maximum Gasteiger partial charge on any atom is 0.422 e. The molecule has 0 spiro atoms. The Kier molecular flexibility index (Phi) is 9.84. The minimum Gasteiger partial charge on any atom is -0.391 e. The molecule has 0 fully saturated rings. The van der Waals surface area contributed by atoms with Crippen molar-refractivity contribution < 1.29 is 40.0 Å². The predicted molar refractivity (Wildman–Crippen MR) is 157 cm³/mol. The second-order valence-electron chi connectivity index (χ2n) is 12.4. The molecule has 0 saturated carbocycles. The topological polar surface area (TPSA) is 35.5 Å². The third-order valence-electron chi connectivity index (χ3n) is 7.21. The van der Waals surface area contributed by atoms with E-state index in [0.717, 1.165) is 5.56 Å². The van der Waals surface area contributed by atoms with Crippen LogP contribution in [0.5, 0.6) is 0 Å². The molecule has 0 heterocycles. The first-order valence-electron chi connectivity index (χ1n) is 13.4. The summed E-state index contributed by atoms with van der Waals surface area (Å²) < 4.78 is 94.9. The van der Waals surface area contributed by atoms with Gasteiger partial charge in [-0.1, -0.05) is 114 Å². The van der Waals surface area contributed by atoms with Gasteiger partial charge in [-0.05, 0) is 38.5 Å². The number of alkyl halides is 6. The normalized spacial score (nSPS) is 20.3. The molecule has 0 N–H and O–H groups in total. The molecule has 42 heavy (non-hydrogen) atoms. The average Bonchev–Trinajstić information content (AvgIpc) is 2.86. The highest BCUT2D eigenvalue weighted by Gasteiger charge is 2.64. The maximum atomic E-state index is 13.8. The largest absolute Gasteiger partial charge is 0.422 e. The van der Waals surface area contributed by atoms with Crippen molar-refractivity contribution in [2.24, 2.45) is 5.41 Å². The summed E-state index contributed by atoms with van der Waals surface area (Å²) in [6, 6.07) is 16.7. The fraction of sp³-hybridized carbons (Fsp3) is 0.452. The van der Waals surface area contributed by atoms with Crippen LogP contribution < -0.4 is 5.19 Å². The van der Waals surface area contributed by atoms with E-state index in [4.69, 9.17) is 8.85 Å². The summed E-state index contributed by atoms with van der Waals surface area (Å²) in [7, 11) is -4.52. The van der Waals surface area contributed by atoms with Gasteiger partial charge in [0.25, 0.3) is 0 Å². The average molecular weight is 678 g/mol. The van der Waals surface area contributed by atoms with E-state index in [0.29, 0.717) is 10.1 Å². The minimum absolute atomic E-state index is 0.114. The fourth-order valence-corrected chi connectivity index (χ4v) is 9.33. The lowest BCUT2D eigenvalue weighted by Gasteiger charge is -2.44. The summed E-state index contributed by atoms with van der Waals surface area (Å²) >= 11 is 3.40. The molecule has 3 rings (SSSR count). The number of hydrogen-bond donors (Lipinski definition) is 0. The van der Waals surface area contributed by atoms with Crippen LogP contribution in [0.2, 0.25) is 5.04 Å². The third-order valence-corrected chi connectivity index (χ3v) is 12.0. The van der Waals surface area contributed by atoms with Crippen LogP contribution >= 0.6 is 15.9 Å². The lowest BCUT2D eigenvalue weighted by molar-refractivity contribution is -0.305. The van der Waals surface area contributed by atoms with Gasteiger partial charge in [-0.15, -0.1) is 0 Å². The third kappa shape index (κ3) is 7.28. The Morgan fingerprint density at radius 2 is 1.31 bits per heavy atom. The van der Waals surface area contributed by atoms with Gasteiger partial charge < -0.3 is 8.85 Å². The quantitative estimate of drug-likeness (QED) is 0.207. The van der Waals surface area contributed by atoms with Crippen LogP contribution in [0.15, 0.2) is 82.9 Å². The van der Waals surface area contributed by atoms with E-state index in [2.05, 4.69) is 15.9 Å². The highest BCUT2D eigenvalue weighted by atomic mass is 79.9. The van der Waals surface area contributed by atoms with E-state index < -0.39 is 42.9 Å².